The number of pyridine rings is 1. The number of rotatable bonds is 3. The Bertz CT molecular complexity index is 636. The van der Waals surface area contributed by atoms with Gasteiger partial charge in [-0.05, 0) is 31.2 Å². The molecule has 0 bridgehead atoms. The van der Waals surface area contributed by atoms with Gasteiger partial charge in [0.05, 0.1) is 0 Å². The lowest BCUT2D eigenvalue weighted by Gasteiger charge is -2.06. The number of aromatic nitrogens is 1. The van der Waals surface area contributed by atoms with Crippen molar-refractivity contribution in [2.24, 2.45) is 0 Å². The smallest absolute Gasteiger partial charge is 0.290 e. The molecular weight excluding hydrogens is 295 g/mol. The van der Waals surface area contributed by atoms with Gasteiger partial charge < -0.3 is 5.32 Å². The van der Waals surface area contributed by atoms with Gasteiger partial charge in [-0.3, -0.25) is 4.79 Å². The number of hydrogen-bond acceptors (Lipinski definition) is 1. The van der Waals surface area contributed by atoms with Crippen molar-refractivity contribution in [3.63, 3.8) is 0 Å². The molecule has 0 atom stereocenters. The Morgan fingerprint density at radius 1 is 1.20 bits per heavy atom. The topological polar surface area (TPSA) is 33.0 Å². The van der Waals surface area contributed by atoms with Crippen LogP contribution in [-0.2, 0) is 11.3 Å². The maximum absolute atomic E-state index is 12.0. The Morgan fingerprint density at radius 3 is 2.50 bits per heavy atom. The van der Waals surface area contributed by atoms with Crippen LogP contribution in [0.2, 0.25) is 10.0 Å². The van der Waals surface area contributed by atoms with Crippen LogP contribution in [0.15, 0.2) is 36.5 Å². The molecular formula is C15H15Cl2N2O+. The molecule has 1 aromatic carbocycles. The van der Waals surface area contributed by atoms with Crippen molar-refractivity contribution >= 4 is 34.8 Å². The maximum atomic E-state index is 12.0. The summed E-state index contributed by atoms with van der Waals surface area (Å²) in [6, 6.07) is 8.89. The second-order valence-corrected chi connectivity index (χ2v) is 5.48. The molecule has 104 valence electrons. The van der Waals surface area contributed by atoms with E-state index in [1.807, 2.05) is 36.7 Å². The highest BCUT2D eigenvalue weighted by atomic mass is 35.5. The third-order valence-electron chi connectivity index (χ3n) is 3.07. The third kappa shape index (κ3) is 3.71. The summed E-state index contributed by atoms with van der Waals surface area (Å²) in [5.41, 5.74) is 2.80. The van der Waals surface area contributed by atoms with Crippen LogP contribution in [0.4, 0.5) is 5.69 Å². The monoisotopic (exact) mass is 309 g/mol. The summed E-state index contributed by atoms with van der Waals surface area (Å²) in [7, 11) is 0. The van der Waals surface area contributed by atoms with Crippen LogP contribution in [0.5, 0.6) is 0 Å². The molecule has 0 aliphatic heterocycles. The zero-order valence-electron chi connectivity index (χ0n) is 11.3. The molecule has 1 heterocycles. The Hall–Kier alpha value is -1.58. The molecule has 0 fully saturated rings. The van der Waals surface area contributed by atoms with Crippen LogP contribution in [0.1, 0.15) is 11.3 Å². The van der Waals surface area contributed by atoms with Gasteiger partial charge in [0, 0.05) is 34.3 Å². The number of anilines is 1. The highest BCUT2D eigenvalue weighted by molar-refractivity contribution is 6.35. The number of carbonyl (C=O) groups excluding carboxylic acids is 1. The summed E-state index contributed by atoms with van der Waals surface area (Å²) in [5, 5.41) is 3.78. The first kappa shape index (κ1) is 14.8. The molecule has 0 saturated heterocycles. The van der Waals surface area contributed by atoms with Gasteiger partial charge in [-0.15, -0.1) is 0 Å². The normalized spacial score (nSPS) is 10.4. The fourth-order valence-electron chi connectivity index (χ4n) is 1.90. The van der Waals surface area contributed by atoms with E-state index in [0.717, 1.165) is 11.3 Å². The predicted molar refractivity (Wildman–Crippen MR) is 81.2 cm³/mol. The first-order chi connectivity index (χ1) is 9.45. The van der Waals surface area contributed by atoms with Crippen molar-refractivity contribution < 1.29 is 9.36 Å². The van der Waals surface area contributed by atoms with Crippen LogP contribution in [0.25, 0.3) is 0 Å². The van der Waals surface area contributed by atoms with Gasteiger partial charge in [0.15, 0.2) is 11.9 Å². The SMILES string of the molecule is Cc1ccc[n+](CC(=O)Nc2cc(Cl)cc(Cl)c2)c1C. The second kappa shape index (κ2) is 6.25. The van der Waals surface area contributed by atoms with Gasteiger partial charge in [-0.2, -0.15) is 4.57 Å². The number of nitrogens with zero attached hydrogens (tertiary/aromatic N) is 1. The predicted octanol–water partition coefficient (Wildman–Crippen LogP) is 3.54. The Kier molecular flexibility index (Phi) is 4.63. The minimum Gasteiger partial charge on any atom is -0.320 e. The molecule has 20 heavy (non-hydrogen) atoms. The summed E-state index contributed by atoms with van der Waals surface area (Å²) in [6.07, 6.45) is 1.88. The van der Waals surface area contributed by atoms with Crippen LogP contribution in [-0.4, -0.2) is 5.91 Å². The number of benzene rings is 1. The average Bonchev–Trinajstić information content (AvgIpc) is 2.33. The second-order valence-electron chi connectivity index (χ2n) is 4.61. The lowest BCUT2D eigenvalue weighted by Crippen LogP contribution is -2.43. The Morgan fingerprint density at radius 2 is 1.85 bits per heavy atom. The van der Waals surface area contributed by atoms with Gasteiger partial charge in [-0.25, -0.2) is 0 Å². The number of carbonyl (C=O) groups is 1. The first-order valence-corrected chi connectivity index (χ1v) is 6.93. The molecule has 2 aromatic rings. The van der Waals surface area contributed by atoms with E-state index < -0.39 is 0 Å². The van der Waals surface area contributed by atoms with E-state index >= 15 is 0 Å². The molecule has 0 saturated carbocycles. The summed E-state index contributed by atoms with van der Waals surface area (Å²) in [4.78, 5) is 12.0. The molecule has 0 radical (unpaired) electrons. The van der Waals surface area contributed by atoms with Crippen LogP contribution < -0.4 is 9.88 Å². The molecule has 1 N–H and O–H groups in total. The van der Waals surface area contributed by atoms with E-state index in [4.69, 9.17) is 23.2 Å². The fourth-order valence-corrected chi connectivity index (χ4v) is 2.43. The maximum Gasteiger partial charge on any atom is 0.290 e. The minimum absolute atomic E-state index is 0.123. The van der Waals surface area contributed by atoms with Crippen molar-refractivity contribution in [3.8, 4) is 0 Å². The van der Waals surface area contributed by atoms with Gasteiger partial charge in [0.2, 0.25) is 6.54 Å². The summed E-state index contributed by atoms with van der Waals surface area (Å²) >= 11 is 11.8. The van der Waals surface area contributed by atoms with Crippen molar-refractivity contribution in [1.82, 2.24) is 0 Å². The molecule has 0 spiro atoms. The van der Waals surface area contributed by atoms with Crippen LogP contribution >= 0.6 is 23.2 Å². The zero-order chi connectivity index (χ0) is 14.7. The summed E-state index contributed by atoms with van der Waals surface area (Å²) in [5.74, 6) is -0.123. The van der Waals surface area contributed by atoms with Crippen molar-refractivity contribution in [2.45, 2.75) is 20.4 Å². The average molecular weight is 310 g/mol. The van der Waals surface area contributed by atoms with Gasteiger partial charge >= 0.3 is 0 Å². The van der Waals surface area contributed by atoms with Gasteiger partial charge in [0.1, 0.15) is 0 Å². The third-order valence-corrected chi connectivity index (χ3v) is 3.51. The van der Waals surface area contributed by atoms with E-state index in [2.05, 4.69) is 5.32 Å². The quantitative estimate of drug-likeness (QED) is 0.864. The number of amides is 1. The molecule has 0 aliphatic carbocycles. The first-order valence-electron chi connectivity index (χ1n) is 6.17. The van der Waals surface area contributed by atoms with Crippen LogP contribution in [0, 0.1) is 13.8 Å². The van der Waals surface area contributed by atoms with Gasteiger partial charge in [-0.1, -0.05) is 23.2 Å². The summed E-state index contributed by atoms with van der Waals surface area (Å²) < 4.78 is 1.90. The van der Waals surface area contributed by atoms with Crippen molar-refractivity contribution in [1.29, 1.82) is 0 Å². The molecule has 1 amide bonds. The number of aryl methyl sites for hydroxylation is 1. The highest BCUT2D eigenvalue weighted by Gasteiger charge is 2.14. The molecule has 2 rings (SSSR count). The summed E-state index contributed by atoms with van der Waals surface area (Å²) in [6.45, 7) is 4.25. The number of halogens is 2. The van der Waals surface area contributed by atoms with Crippen molar-refractivity contribution in [3.05, 3.63) is 57.8 Å². The Labute approximate surface area is 128 Å². The van der Waals surface area contributed by atoms with E-state index in [1.54, 1.807) is 18.2 Å². The van der Waals surface area contributed by atoms with Crippen LogP contribution in [0.3, 0.4) is 0 Å². The molecule has 0 aliphatic rings. The van der Waals surface area contributed by atoms with E-state index in [9.17, 15) is 4.79 Å². The van der Waals surface area contributed by atoms with E-state index in [0.29, 0.717) is 15.7 Å². The van der Waals surface area contributed by atoms with Gasteiger partial charge in [0.25, 0.3) is 5.91 Å². The fraction of sp³-hybridized carbons (Fsp3) is 0.200. The van der Waals surface area contributed by atoms with E-state index in [-0.39, 0.29) is 12.5 Å². The molecule has 0 unspecified atom stereocenters. The van der Waals surface area contributed by atoms with E-state index in [1.165, 1.54) is 0 Å². The number of nitrogens with one attached hydrogen (secondary N) is 1. The lowest BCUT2D eigenvalue weighted by atomic mass is 10.2. The number of hydrogen-bond donors (Lipinski definition) is 1. The molecule has 1 aromatic heterocycles. The molecule has 5 heteroatoms. The largest absolute Gasteiger partial charge is 0.320 e. The minimum atomic E-state index is -0.123. The lowest BCUT2D eigenvalue weighted by molar-refractivity contribution is -0.690. The highest BCUT2D eigenvalue weighted by Crippen LogP contribution is 2.22. The molecule has 3 nitrogen and oxygen atoms in total. The zero-order valence-corrected chi connectivity index (χ0v) is 12.8. The van der Waals surface area contributed by atoms with Crippen molar-refractivity contribution in [2.75, 3.05) is 5.32 Å². The standard InChI is InChI=1S/C15H14Cl2N2O/c1-10-4-3-5-19(11(10)2)9-15(20)18-14-7-12(16)6-13(17)8-14/h3-8H,9H2,1-2H3/p+1. The Balaban J connectivity index is 2.11.